The van der Waals surface area contributed by atoms with Crippen molar-refractivity contribution in [3.05, 3.63) is 64.0 Å². The molecule has 0 bridgehead atoms. The van der Waals surface area contributed by atoms with Crippen molar-refractivity contribution < 1.29 is 4.79 Å². The predicted molar refractivity (Wildman–Crippen MR) is 100 cm³/mol. The molecule has 0 atom stereocenters. The van der Waals surface area contributed by atoms with E-state index in [1.165, 1.54) is 26.9 Å². The molecule has 2 aromatic carbocycles. The first-order chi connectivity index (χ1) is 11.6. The Balaban J connectivity index is 1.91. The zero-order valence-electron chi connectivity index (χ0n) is 14.4. The summed E-state index contributed by atoms with van der Waals surface area (Å²) in [5.74, 6) is -0.0537. The highest BCUT2D eigenvalue weighted by Crippen LogP contribution is 2.23. The molecule has 1 heterocycles. The highest BCUT2D eigenvalue weighted by atomic mass is 32.1. The predicted octanol–water partition coefficient (Wildman–Crippen LogP) is 4.40. The molecule has 124 valence electrons. The van der Waals surface area contributed by atoms with Crippen molar-refractivity contribution in [2.75, 3.05) is 0 Å². The van der Waals surface area contributed by atoms with E-state index in [9.17, 15) is 4.79 Å². The molecule has 0 radical (unpaired) electrons. The van der Waals surface area contributed by atoms with Gasteiger partial charge in [-0.15, -0.1) is 0 Å². The number of amides is 1. The van der Waals surface area contributed by atoms with E-state index < -0.39 is 0 Å². The zero-order valence-corrected chi connectivity index (χ0v) is 15.2. The van der Waals surface area contributed by atoms with E-state index in [0.717, 1.165) is 17.8 Å². The summed E-state index contributed by atoms with van der Waals surface area (Å²) in [6, 6.07) is 14.4. The number of thiazole rings is 1. The highest BCUT2D eigenvalue weighted by Gasteiger charge is 2.09. The molecular weight excluding hydrogens is 316 g/mol. The first kappa shape index (κ1) is 16.7. The smallest absolute Gasteiger partial charge is 0.248 e. The van der Waals surface area contributed by atoms with E-state index in [2.05, 4.69) is 42.5 Å². The van der Waals surface area contributed by atoms with Crippen LogP contribution in [0.5, 0.6) is 0 Å². The maximum atomic E-state index is 12.3. The van der Waals surface area contributed by atoms with Crippen LogP contribution in [0.1, 0.15) is 30.0 Å². The van der Waals surface area contributed by atoms with Gasteiger partial charge in [0.05, 0.1) is 10.2 Å². The molecule has 0 aliphatic carbocycles. The van der Waals surface area contributed by atoms with Gasteiger partial charge in [-0.25, -0.2) is 0 Å². The summed E-state index contributed by atoms with van der Waals surface area (Å²) in [4.78, 5) is 17.5. The van der Waals surface area contributed by atoms with Crippen LogP contribution in [-0.4, -0.2) is 10.5 Å². The molecule has 0 aliphatic rings. The van der Waals surface area contributed by atoms with Gasteiger partial charge in [-0.1, -0.05) is 47.7 Å². The maximum absolute atomic E-state index is 12.3. The molecule has 3 nitrogen and oxygen atoms in total. The summed E-state index contributed by atoms with van der Waals surface area (Å²) in [6.07, 6.45) is 1.18. The van der Waals surface area contributed by atoms with Crippen LogP contribution in [0.4, 0.5) is 0 Å². The molecule has 0 saturated carbocycles. The minimum absolute atomic E-state index is 0.0537. The minimum Gasteiger partial charge on any atom is -0.317 e. The third-order valence-corrected chi connectivity index (χ3v) is 5.35. The number of nitrogens with zero attached hydrogens (tertiary/aromatic N) is 2. The Kier molecular flexibility index (Phi) is 4.95. The summed E-state index contributed by atoms with van der Waals surface area (Å²) in [7, 11) is 0. The van der Waals surface area contributed by atoms with Gasteiger partial charge in [0.2, 0.25) is 5.91 Å². The average Bonchev–Trinajstić information content (AvgIpc) is 2.91. The second kappa shape index (κ2) is 7.14. The molecule has 1 aromatic heterocycles. The second-order valence-electron chi connectivity index (χ2n) is 6.05. The number of fused-ring (bicyclic) bond motifs is 1. The summed E-state index contributed by atoms with van der Waals surface area (Å²) < 4.78 is 3.36. The van der Waals surface area contributed by atoms with E-state index in [4.69, 9.17) is 0 Å². The topological polar surface area (TPSA) is 34.4 Å². The Bertz CT molecular complexity index is 935. The minimum atomic E-state index is -0.0537. The fourth-order valence-electron chi connectivity index (χ4n) is 2.96. The molecule has 24 heavy (non-hydrogen) atoms. The van der Waals surface area contributed by atoms with Crippen molar-refractivity contribution in [2.24, 2.45) is 4.99 Å². The van der Waals surface area contributed by atoms with Crippen LogP contribution in [0.25, 0.3) is 10.2 Å². The first-order valence-corrected chi connectivity index (χ1v) is 9.12. The largest absolute Gasteiger partial charge is 0.317 e. The number of rotatable bonds is 4. The number of carbonyl (C=O) groups excluding carboxylic acids is 1. The van der Waals surface area contributed by atoms with Gasteiger partial charge in [-0.3, -0.25) is 4.79 Å². The number of aryl methyl sites for hydroxylation is 4. The summed E-state index contributed by atoms with van der Waals surface area (Å²) in [6.45, 7) is 7.13. The van der Waals surface area contributed by atoms with E-state index in [0.29, 0.717) is 6.42 Å². The zero-order chi connectivity index (χ0) is 17.1. The van der Waals surface area contributed by atoms with Gasteiger partial charge in [-0.05, 0) is 49.9 Å². The molecule has 4 heteroatoms. The standard InChI is InChI=1S/C20H22N2OS/c1-4-22-17-13-14(2)12-15(3)19(17)24-20(22)21-18(23)11-10-16-8-6-5-7-9-16/h5-9,12-13H,4,10-11H2,1-3H3. The fourth-order valence-corrected chi connectivity index (χ4v) is 4.12. The number of aromatic nitrogens is 1. The number of hydrogen-bond acceptors (Lipinski definition) is 2. The molecule has 0 unspecified atom stereocenters. The van der Waals surface area contributed by atoms with Crippen molar-refractivity contribution >= 4 is 27.5 Å². The Morgan fingerprint density at radius 3 is 2.62 bits per heavy atom. The molecule has 0 aliphatic heterocycles. The lowest BCUT2D eigenvalue weighted by Crippen LogP contribution is -2.16. The Morgan fingerprint density at radius 1 is 1.17 bits per heavy atom. The summed E-state index contributed by atoms with van der Waals surface area (Å²) >= 11 is 1.61. The highest BCUT2D eigenvalue weighted by molar-refractivity contribution is 7.16. The lowest BCUT2D eigenvalue weighted by molar-refractivity contribution is -0.118. The van der Waals surface area contributed by atoms with E-state index in [1.807, 2.05) is 30.3 Å². The van der Waals surface area contributed by atoms with E-state index in [-0.39, 0.29) is 5.91 Å². The van der Waals surface area contributed by atoms with Gasteiger partial charge in [0.15, 0.2) is 4.80 Å². The van der Waals surface area contributed by atoms with Crippen LogP contribution in [0, 0.1) is 13.8 Å². The summed E-state index contributed by atoms with van der Waals surface area (Å²) in [5, 5.41) is 0. The molecular formula is C20H22N2OS. The van der Waals surface area contributed by atoms with Crippen LogP contribution in [-0.2, 0) is 17.8 Å². The van der Waals surface area contributed by atoms with Crippen LogP contribution in [0.3, 0.4) is 0 Å². The van der Waals surface area contributed by atoms with Gasteiger partial charge < -0.3 is 4.57 Å². The van der Waals surface area contributed by atoms with Crippen LogP contribution < -0.4 is 4.80 Å². The molecule has 3 aromatic rings. The van der Waals surface area contributed by atoms with Crippen molar-refractivity contribution in [1.82, 2.24) is 4.57 Å². The van der Waals surface area contributed by atoms with Gasteiger partial charge in [0.25, 0.3) is 0 Å². The number of carbonyl (C=O) groups is 1. The normalized spacial score (nSPS) is 12.0. The Morgan fingerprint density at radius 2 is 1.92 bits per heavy atom. The van der Waals surface area contributed by atoms with Gasteiger partial charge >= 0.3 is 0 Å². The lowest BCUT2D eigenvalue weighted by Gasteiger charge is -2.03. The molecule has 0 saturated heterocycles. The molecule has 1 amide bonds. The van der Waals surface area contributed by atoms with Crippen molar-refractivity contribution in [3.8, 4) is 0 Å². The van der Waals surface area contributed by atoms with Crippen molar-refractivity contribution in [3.63, 3.8) is 0 Å². The molecule has 0 spiro atoms. The first-order valence-electron chi connectivity index (χ1n) is 8.30. The lowest BCUT2D eigenvalue weighted by atomic mass is 10.1. The third-order valence-electron chi connectivity index (χ3n) is 4.12. The quantitative estimate of drug-likeness (QED) is 0.694. The van der Waals surface area contributed by atoms with Gasteiger partial charge in [-0.2, -0.15) is 4.99 Å². The van der Waals surface area contributed by atoms with E-state index >= 15 is 0 Å². The van der Waals surface area contributed by atoms with Crippen LogP contribution >= 0.6 is 11.3 Å². The van der Waals surface area contributed by atoms with Gasteiger partial charge in [0.1, 0.15) is 0 Å². The van der Waals surface area contributed by atoms with Crippen LogP contribution in [0.15, 0.2) is 47.5 Å². The van der Waals surface area contributed by atoms with Crippen molar-refractivity contribution in [2.45, 2.75) is 40.2 Å². The number of hydrogen-bond donors (Lipinski definition) is 0. The fraction of sp³-hybridized carbons (Fsp3) is 0.300. The van der Waals surface area contributed by atoms with E-state index in [1.54, 1.807) is 11.3 Å². The van der Waals surface area contributed by atoms with Gasteiger partial charge in [0, 0.05) is 13.0 Å². The van der Waals surface area contributed by atoms with Crippen molar-refractivity contribution in [1.29, 1.82) is 0 Å². The Hall–Kier alpha value is -2.20. The Labute approximate surface area is 146 Å². The second-order valence-corrected chi connectivity index (χ2v) is 7.03. The summed E-state index contributed by atoms with van der Waals surface area (Å²) in [5.41, 5.74) is 4.83. The maximum Gasteiger partial charge on any atom is 0.248 e. The number of benzene rings is 2. The SMILES string of the molecule is CCn1c(=NC(=O)CCc2ccccc2)sc2c(C)cc(C)cc21. The van der Waals surface area contributed by atoms with Crippen LogP contribution in [0.2, 0.25) is 0 Å². The molecule has 0 N–H and O–H groups in total. The molecule has 0 fully saturated rings. The monoisotopic (exact) mass is 338 g/mol. The third kappa shape index (κ3) is 3.49. The molecule has 3 rings (SSSR count). The average molecular weight is 338 g/mol.